The summed E-state index contributed by atoms with van der Waals surface area (Å²) in [5.74, 6) is 1.92. The third kappa shape index (κ3) is 4.04. The fraction of sp³-hybridized carbons (Fsp3) is 0.381. The Labute approximate surface area is 173 Å². The molecule has 2 aromatic rings. The number of nitrogens with one attached hydrogen (secondary N) is 1. The highest BCUT2D eigenvalue weighted by molar-refractivity contribution is 9.09. The molecular formula is C21H24BrNO5. The van der Waals surface area contributed by atoms with Crippen LogP contribution in [0.1, 0.15) is 17.2 Å². The van der Waals surface area contributed by atoms with Crippen LogP contribution in [0.2, 0.25) is 0 Å². The Kier molecular flexibility index (Phi) is 6.67. The van der Waals surface area contributed by atoms with E-state index in [9.17, 15) is 4.79 Å². The molecule has 0 aromatic heterocycles. The maximum Gasteiger partial charge on any atom is 0.227 e. The molecule has 2 aromatic carbocycles. The van der Waals surface area contributed by atoms with Gasteiger partial charge in [-0.2, -0.15) is 0 Å². The predicted molar refractivity (Wildman–Crippen MR) is 110 cm³/mol. The Hall–Kier alpha value is -2.41. The van der Waals surface area contributed by atoms with Crippen LogP contribution in [0.3, 0.4) is 0 Å². The average molecular weight is 450 g/mol. The fourth-order valence-electron chi connectivity index (χ4n) is 3.45. The highest BCUT2D eigenvalue weighted by atomic mass is 79.9. The number of fused-ring (bicyclic) bond motifs is 1. The van der Waals surface area contributed by atoms with Gasteiger partial charge in [0.15, 0.2) is 11.5 Å². The molecule has 3 rings (SSSR count). The molecule has 1 aliphatic rings. The molecule has 2 atom stereocenters. The minimum Gasteiger partial charge on any atom is -0.493 e. The van der Waals surface area contributed by atoms with Crippen molar-refractivity contribution in [2.45, 2.75) is 12.5 Å². The smallest absolute Gasteiger partial charge is 0.227 e. The topological polar surface area (TPSA) is 66.0 Å². The van der Waals surface area contributed by atoms with Crippen LogP contribution in [0, 0.1) is 5.92 Å². The summed E-state index contributed by atoms with van der Waals surface area (Å²) in [6.07, 6.45) is 0.116. The molecule has 0 spiro atoms. The van der Waals surface area contributed by atoms with Crippen LogP contribution in [-0.2, 0) is 11.2 Å². The lowest BCUT2D eigenvalue weighted by Gasteiger charge is -2.33. The molecule has 150 valence electrons. The number of methoxy groups -OCH3 is 3. The minimum absolute atomic E-state index is 0.0484. The zero-order valence-electron chi connectivity index (χ0n) is 16.2. The summed E-state index contributed by atoms with van der Waals surface area (Å²) in [4.78, 5) is 12.9. The number of alkyl halides is 1. The number of amides is 1. The molecule has 28 heavy (non-hydrogen) atoms. The number of hydrogen-bond donors (Lipinski definition) is 1. The number of rotatable bonds is 7. The summed E-state index contributed by atoms with van der Waals surface area (Å²) in [7, 11) is 4.69. The summed E-state index contributed by atoms with van der Waals surface area (Å²) in [5.41, 5.74) is 1.81. The fourth-order valence-corrected chi connectivity index (χ4v) is 3.65. The second kappa shape index (κ2) is 9.19. The molecule has 6 nitrogen and oxygen atoms in total. The van der Waals surface area contributed by atoms with Crippen LogP contribution in [0.4, 0.5) is 0 Å². The molecule has 0 bridgehead atoms. The van der Waals surface area contributed by atoms with E-state index in [1.807, 2.05) is 36.4 Å². The first-order valence-corrected chi connectivity index (χ1v) is 10.1. The van der Waals surface area contributed by atoms with Crippen LogP contribution in [0.25, 0.3) is 0 Å². The normalized spacial score (nSPS) is 17.9. The first-order valence-electron chi connectivity index (χ1n) is 9.01. The Balaban J connectivity index is 2.04. The predicted octanol–water partition coefficient (Wildman–Crippen LogP) is 3.52. The number of ether oxygens (including phenoxy) is 4. The van der Waals surface area contributed by atoms with Gasteiger partial charge in [0.1, 0.15) is 11.9 Å². The van der Waals surface area contributed by atoms with E-state index in [2.05, 4.69) is 21.2 Å². The van der Waals surface area contributed by atoms with E-state index >= 15 is 0 Å². The average Bonchev–Trinajstić information content (AvgIpc) is 2.75. The van der Waals surface area contributed by atoms with Crippen LogP contribution in [0.5, 0.6) is 23.0 Å². The number of para-hydroxylation sites is 1. The van der Waals surface area contributed by atoms with Gasteiger partial charge >= 0.3 is 0 Å². The van der Waals surface area contributed by atoms with Gasteiger partial charge in [-0.1, -0.05) is 34.1 Å². The zero-order chi connectivity index (χ0) is 20.1. The number of carbonyl (C=O) groups excluding carboxylic acids is 1. The molecule has 7 heteroatoms. The molecule has 0 radical (unpaired) electrons. The summed E-state index contributed by atoms with van der Waals surface area (Å²) < 4.78 is 22.6. The number of halogens is 1. The van der Waals surface area contributed by atoms with Crippen molar-refractivity contribution in [3.05, 3.63) is 47.5 Å². The third-order valence-corrected chi connectivity index (χ3v) is 5.17. The number of benzene rings is 2. The van der Waals surface area contributed by atoms with Gasteiger partial charge in [-0.15, -0.1) is 0 Å². The lowest BCUT2D eigenvalue weighted by atomic mass is 9.86. The van der Waals surface area contributed by atoms with Gasteiger partial charge in [0, 0.05) is 17.4 Å². The van der Waals surface area contributed by atoms with Crippen LogP contribution >= 0.6 is 15.9 Å². The van der Waals surface area contributed by atoms with Crippen molar-refractivity contribution in [3.8, 4) is 23.0 Å². The molecule has 1 N–H and O–H groups in total. The van der Waals surface area contributed by atoms with Crippen molar-refractivity contribution in [2.24, 2.45) is 5.92 Å². The van der Waals surface area contributed by atoms with E-state index in [4.69, 9.17) is 18.9 Å². The minimum atomic E-state index is -0.473. The summed E-state index contributed by atoms with van der Waals surface area (Å²) in [6.45, 7) is 0.555. The molecule has 0 aliphatic carbocycles. The monoisotopic (exact) mass is 449 g/mol. The molecular weight excluding hydrogens is 426 g/mol. The SMILES string of the molecule is COc1cc(C2Oc3ccccc3CC2C(=O)NCCBr)cc(OC)c1OC. The highest BCUT2D eigenvalue weighted by Crippen LogP contribution is 2.44. The van der Waals surface area contributed by atoms with Crippen molar-refractivity contribution < 1.29 is 23.7 Å². The van der Waals surface area contributed by atoms with Crippen LogP contribution in [-0.4, -0.2) is 39.1 Å². The van der Waals surface area contributed by atoms with Gasteiger partial charge in [-0.05, 0) is 30.2 Å². The quantitative estimate of drug-likeness (QED) is 0.655. The maximum absolute atomic E-state index is 12.9. The Bertz CT molecular complexity index is 816. The van der Waals surface area contributed by atoms with Gasteiger partial charge in [0.05, 0.1) is 27.2 Å². The van der Waals surface area contributed by atoms with Crippen molar-refractivity contribution in [1.82, 2.24) is 5.32 Å². The van der Waals surface area contributed by atoms with Gasteiger partial charge in [0.2, 0.25) is 11.7 Å². The Morgan fingerprint density at radius 3 is 2.43 bits per heavy atom. The van der Waals surface area contributed by atoms with Crippen LogP contribution in [0.15, 0.2) is 36.4 Å². The molecule has 0 saturated heterocycles. The zero-order valence-corrected chi connectivity index (χ0v) is 17.7. The van der Waals surface area contributed by atoms with Crippen molar-refractivity contribution in [2.75, 3.05) is 33.2 Å². The van der Waals surface area contributed by atoms with Crippen LogP contribution < -0.4 is 24.3 Å². The lowest BCUT2D eigenvalue weighted by molar-refractivity contribution is -0.128. The largest absolute Gasteiger partial charge is 0.493 e. The molecule has 2 unspecified atom stereocenters. The maximum atomic E-state index is 12.9. The number of hydrogen-bond acceptors (Lipinski definition) is 5. The van der Waals surface area contributed by atoms with E-state index < -0.39 is 6.10 Å². The molecule has 0 fully saturated rings. The Morgan fingerprint density at radius 2 is 1.82 bits per heavy atom. The summed E-state index contributed by atoms with van der Waals surface area (Å²) >= 11 is 3.35. The first-order chi connectivity index (χ1) is 13.6. The van der Waals surface area contributed by atoms with E-state index in [1.165, 1.54) is 0 Å². The standard InChI is InChI=1S/C21H24BrNO5/c1-25-17-11-14(12-18(26-2)20(17)27-3)19-15(21(24)23-9-8-22)10-13-6-4-5-7-16(13)28-19/h4-7,11-12,15,19H,8-10H2,1-3H3,(H,23,24). The molecule has 1 heterocycles. The van der Waals surface area contributed by atoms with Crippen molar-refractivity contribution in [3.63, 3.8) is 0 Å². The number of carbonyl (C=O) groups is 1. The second-order valence-electron chi connectivity index (χ2n) is 6.40. The van der Waals surface area contributed by atoms with Gasteiger partial charge < -0.3 is 24.3 Å². The van der Waals surface area contributed by atoms with Crippen molar-refractivity contribution in [1.29, 1.82) is 0 Å². The van der Waals surface area contributed by atoms with Gasteiger partial charge in [-0.3, -0.25) is 4.79 Å². The summed E-state index contributed by atoms with van der Waals surface area (Å²) in [5, 5.41) is 3.65. The highest BCUT2D eigenvalue weighted by Gasteiger charge is 2.37. The third-order valence-electron chi connectivity index (χ3n) is 4.78. The molecule has 0 saturated carbocycles. The van der Waals surface area contributed by atoms with E-state index in [0.717, 1.165) is 16.9 Å². The van der Waals surface area contributed by atoms with E-state index in [0.29, 0.717) is 35.5 Å². The molecule has 1 amide bonds. The van der Waals surface area contributed by atoms with Gasteiger partial charge in [-0.25, -0.2) is 0 Å². The lowest BCUT2D eigenvalue weighted by Crippen LogP contribution is -2.40. The van der Waals surface area contributed by atoms with E-state index in [-0.39, 0.29) is 11.8 Å². The Morgan fingerprint density at radius 1 is 1.14 bits per heavy atom. The second-order valence-corrected chi connectivity index (χ2v) is 7.19. The molecule has 1 aliphatic heterocycles. The van der Waals surface area contributed by atoms with Crippen molar-refractivity contribution >= 4 is 21.8 Å². The first kappa shape index (κ1) is 20.3. The van der Waals surface area contributed by atoms with Gasteiger partial charge in [0.25, 0.3) is 0 Å². The summed E-state index contributed by atoms with van der Waals surface area (Å²) in [6, 6.07) is 11.5. The van der Waals surface area contributed by atoms with E-state index in [1.54, 1.807) is 21.3 Å².